The smallest absolute Gasteiger partial charge is 0.277 e. The average Bonchev–Trinajstić information content (AvgIpc) is 2.71. The normalized spacial score (nSPS) is 14.7. The molecule has 3 aromatic carbocycles. The summed E-state index contributed by atoms with van der Waals surface area (Å²) in [6, 6.07) is 18.0. The molecule has 0 fully saturated rings. The minimum absolute atomic E-state index is 0.0982. The van der Waals surface area contributed by atoms with Crippen LogP contribution in [0.3, 0.4) is 0 Å². The van der Waals surface area contributed by atoms with Gasteiger partial charge >= 0.3 is 0 Å². The van der Waals surface area contributed by atoms with Crippen LogP contribution in [0.2, 0.25) is 0 Å². The standard InChI is InChI=1S/C22H18Br2N2O2/c23-16-9-10-18-15(12-16)8-11-20(22(18)24)28-13-21(27)26-25-19-7-3-5-14-4-1-2-6-17(14)19/h1-2,4,6,8-12H,3,5,7,13H2,(H,26,27). The van der Waals surface area contributed by atoms with Gasteiger partial charge in [0.15, 0.2) is 6.61 Å². The number of hydrogen-bond acceptors (Lipinski definition) is 3. The molecule has 0 spiro atoms. The van der Waals surface area contributed by atoms with Crippen LogP contribution in [-0.2, 0) is 11.2 Å². The number of carbonyl (C=O) groups is 1. The van der Waals surface area contributed by atoms with E-state index in [0.717, 1.165) is 50.3 Å². The van der Waals surface area contributed by atoms with E-state index in [0.29, 0.717) is 5.75 Å². The van der Waals surface area contributed by atoms with Crippen LogP contribution in [0, 0.1) is 0 Å². The highest BCUT2D eigenvalue weighted by molar-refractivity contribution is 9.11. The highest BCUT2D eigenvalue weighted by Crippen LogP contribution is 2.34. The van der Waals surface area contributed by atoms with Crippen molar-refractivity contribution in [2.45, 2.75) is 19.3 Å². The van der Waals surface area contributed by atoms with Crippen molar-refractivity contribution < 1.29 is 9.53 Å². The van der Waals surface area contributed by atoms with Gasteiger partial charge in [-0.05, 0) is 69.7 Å². The fraction of sp³-hybridized carbons (Fsp3) is 0.182. The lowest BCUT2D eigenvalue weighted by Gasteiger charge is -2.17. The van der Waals surface area contributed by atoms with Gasteiger partial charge in [-0.25, -0.2) is 5.43 Å². The van der Waals surface area contributed by atoms with Gasteiger partial charge in [0.2, 0.25) is 0 Å². The van der Waals surface area contributed by atoms with Crippen LogP contribution < -0.4 is 10.2 Å². The van der Waals surface area contributed by atoms with E-state index in [4.69, 9.17) is 4.74 Å². The van der Waals surface area contributed by atoms with Gasteiger partial charge in [-0.1, -0.05) is 52.3 Å². The molecule has 142 valence electrons. The number of benzene rings is 3. The van der Waals surface area contributed by atoms with Crippen LogP contribution in [0.5, 0.6) is 5.75 Å². The van der Waals surface area contributed by atoms with E-state index in [2.05, 4.69) is 54.5 Å². The quantitative estimate of drug-likeness (QED) is 0.473. The van der Waals surface area contributed by atoms with Crippen molar-refractivity contribution in [3.8, 4) is 5.75 Å². The largest absolute Gasteiger partial charge is 0.483 e. The first-order valence-corrected chi connectivity index (χ1v) is 10.6. The molecule has 1 aliphatic carbocycles. The Morgan fingerprint density at radius 1 is 1.07 bits per heavy atom. The van der Waals surface area contributed by atoms with E-state index in [1.54, 1.807) is 0 Å². The van der Waals surface area contributed by atoms with Gasteiger partial charge in [-0.2, -0.15) is 5.10 Å². The van der Waals surface area contributed by atoms with Crippen LogP contribution in [-0.4, -0.2) is 18.2 Å². The molecule has 0 aromatic heterocycles. The zero-order valence-electron chi connectivity index (χ0n) is 15.0. The Kier molecular flexibility index (Phi) is 5.78. The number of aryl methyl sites for hydroxylation is 1. The van der Waals surface area contributed by atoms with E-state index < -0.39 is 0 Å². The number of ether oxygens (including phenoxy) is 1. The van der Waals surface area contributed by atoms with Crippen LogP contribution in [0.1, 0.15) is 24.0 Å². The molecule has 0 radical (unpaired) electrons. The first-order chi connectivity index (χ1) is 13.6. The maximum atomic E-state index is 12.2. The third-order valence-corrected chi connectivity index (χ3v) is 6.05. The van der Waals surface area contributed by atoms with Crippen molar-refractivity contribution in [2.75, 3.05) is 6.61 Å². The predicted octanol–water partition coefficient (Wildman–Crippen LogP) is 5.60. The SMILES string of the molecule is O=C(COc1ccc2cc(Br)ccc2c1Br)NN=C1CCCc2ccccc21. The van der Waals surface area contributed by atoms with E-state index in [1.807, 2.05) is 42.5 Å². The van der Waals surface area contributed by atoms with Gasteiger partial charge in [-0.3, -0.25) is 4.79 Å². The maximum Gasteiger partial charge on any atom is 0.277 e. The Hall–Kier alpha value is -2.18. The fourth-order valence-corrected chi connectivity index (χ4v) is 4.36. The van der Waals surface area contributed by atoms with Crippen molar-refractivity contribution in [3.63, 3.8) is 0 Å². The van der Waals surface area contributed by atoms with Crippen LogP contribution >= 0.6 is 31.9 Å². The predicted molar refractivity (Wildman–Crippen MR) is 119 cm³/mol. The Morgan fingerprint density at radius 2 is 1.93 bits per heavy atom. The first-order valence-electron chi connectivity index (χ1n) is 9.06. The molecule has 28 heavy (non-hydrogen) atoms. The summed E-state index contributed by atoms with van der Waals surface area (Å²) < 4.78 is 7.55. The molecule has 3 aromatic rings. The number of hydrazone groups is 1. The van der Waals surface area contributed by atoms with Gasteiger partial charge in [0.05, 0.1) is 10.2 Å². The Bertz CT molecular complexity index is 1080. The lowest BCUT2D eigenvalue weighted by atomic mass is 9.90. The topological polar surface area (TPSA) is 50.7 Å². The Labute approximate surface area is 180 Å². The van der Waals surface area contributed by atoms with E-state index in [9.17, 15) is 4.79 Å². The molecule has 0 unspecified atom stereocenters. The third kappa shape index (κ3) is 4.13. The summed E-state index contributed by atoms with van der Waals surface area (Å²) in [6.07, 6.45) is 2.96. The van der Waals surface area contributed by atoms with Crippen molar-refractivity contribution in [1.29, 1.82) is 0 Å². The molecule has 1 amide bonds. The average molecular weight is 502 g/mol. The molecule has 0 saturated heterocycles. The minimum Gasteiger partial charge on any atom is -0.483 e. The number of rotatable bonds is 4. The van der Waals surface area contributed by atoms with Gasteiger partial charge < -0.3 is 4.74 Å². The summed E-state index contributed by atoms with van der Waals surface area (Å²) in [7, 11) is 0. The second-order valence-electron chi connectivity index (χ2n) is 6.64. The number of halogens is 2. The van der Waals surface area contributed by atoms with Crippen molar-refractivity contribution in [1.82, 2.24) is 5.43 Å². The zero-order chi connectivity index (χ0) is 19.5. The highest BCUT2D eigenvalue weighted by atomic mass is 79.9. The lowest BCUT2D eigenvalue weighted by Crippen LogP contribution is -2.27. The molecule has 1 aliphatic rings. The Balaban J connectivity index is 1.42. The van der Waals surface area contributed by atoms with Crippen molar-refractivity contribution in [3.05, 3.63) is 74.7 Å². The summed E-state index contributed by atoms with van der Waals surface area (Å²) in [6.45, 7) is -0.0982. The molecule has 0 atom stereocenters. The second kappa shape index (κ2) is 8.45. The zero-order valence-corrected chi connectivity index (χ0v) is 18.2. The summed E-state index contributed by atoms with van der Waals surface area (Å²) in [5, 5.41) is 6.45. The summed E-state index contributed by atoms with van der Waals surface area (Å²) >= 11 is 7.05. The molecular weight excluding hydrogens is 484 g/mol. The molecule has 0 heterocycles. The molecule has 0 aliphatic heterocycles. The molecule has 4 rings (SSSR count). The van der Waals surface area contributed by atoms with Gasteiger partial charge in [0.25, 0.3) is 5.91 Å². The second-order valence-corrected chi connectivity index (χ2v) is 8.34. The van der Waals surface area contributed by atoms with Crippen LogP contribution in [0.15, 0.2) is 68.6 Å². The number of fused-ring (bicyclic) bond motifs is 2. The summed E-state index contributed by atoms with van der Waals surface area (Å²) in [4.78, 5) is 12.2. The molecule has 6 heteroatoms. The maximum absolute atomic E-state index is 12.2. The number of hydrogen-bond donors (Lipinski definition) is 1. The van der Waals surface area contributed by atoms with Gasteiger partial charge in [-0.15, -0.1) is 0 Å². The molecule has 0 saturated carbocycles. The summed E-state index contributed by atoms with van der Waals surface area (Å²) in [5.74, 6) is 0.346. The molecular formula is C22H18Br2N2O2. The van der Waals surface area contributed by atoms with E-state index in [1.165, 1.54) is 5.56 Å². The Morgan fingerprint density at radius 3 is 2.82 bits per heavy atom. The number of nitrogens with zero attached hydrogens (tertiary/aromatic N) is 1. The van der Waals surface area contributed by atoms with Crippen LogP contribution in [0.25, 0.3) is 10.8 Å². The van der Waals surface area contributed by atoms with Gasteiger partial charge in [0, 0.05) is 10.0 Å². The highest BCUT2D eigenvalue weighted by Gasteiger charge is 2.15. The molecule has 0 bridgehead atoms. The van der Waals surface area contributed by atoms with Crippen molar-refractivity contribution in [2.24, 2.45) is 5.10 Å². The number of nitrogens with one attached hydrogen (secondary N) is 1. The van der Waals surface area contributed by atoms with E-state index >= 15 is 0 Å². The molecule has 4 nitrogen and oxygen atoms in total. The third-order valence-electron chi connectivity index (χ3n) is 4.74. The minimum atomic E-state index is -0.279. The van der Waals surface area contributed by atoms with Crippen molar-refractivity contribution >= 4 is 54.3 Å². The monoisotopic (exact) mass is 500 g/mol. The fourth-order valence-electron chi connectivity index (χ4n) is 3.38. The van der Waals surface area contributed by atoms with Crippen LogP contribution in [0.4, 0.5) is 0 Å². The molecule has 1 N–H and O–H groups in total. The summed E-state index contributed by atoms with van der Waals surface area (Å²) in [5.41, 5.74) is 5.96. The first kappa shape index (κ1) is 19.2. The van der Waals surface area contributed by atoms with Gasteiger partial charge in [0.1, 0.15) is 5.75 Å². The number of carbonyl (C=O) groups excluding carboxylic acids is 1. The van der Waals surface area contributed by atoms with E-state index in [-0.39, 0.29) is 12.5 Å². The number of amides is 1. The lowest BCUT2D eigenvalue weighted by molar-refractivity contribution is -0.123.